The molecule has 0 atom stereocenters. The fraction of sp³-hybridized carbons (Fsp3) is 0.182. The molecule has 0 aromatic carbocycles. The third kappa shape index (κ3) is 4.15. The Bertz CT molecular complexity index is 1060. The fourth-order valence-corrected chi connectivity index (χ4v) is 1.71. The predicted molar refractivity (Wildman–Crippen MR) is 85.8 cm³/mol. The van der Waals surface area contributed by atoms with Gasteiger partial charge in [-0.1, -0.05) is 10.2 Å². The highest BCUT2D eigenvalue weighted by atomic mass is 16.6. The largest absolute Gasteiger partial charge is 0.422 e. The van der Waals surface area contributed by atoms with Crippen LogP contribution >= 0.6 is 0 Å². The van der Waals surface area contributed by atoms with Crippen LogP contribution < -0.4 is 0 Å². The van der Waals surface area contributed by atoms with Gasteiger partial charge in [-0.3, -0.25) is 10.1 Å². The predicted octanol–water partition coefficient (Wildman–Crippen LogP) is 1.17. The lowest BCUT2D eigenvalue weighted by molar-refractivity contribution is -0.424. The minimum atomic E-state index is -1.03. The minimum absolute atomic E-state index is 0.0897. The van der Waals surface area contributed by atoms with Gasteiger partial charge >= 0.3 is 17.3 Å². The number of hydrogen-bond acceptors (Lipinski definition) is 12. The van der Waals surface area contributed by atoms with Crippen molar-refractivity contribution < 1.29 is 24.0 Å². The number of H-pyrrole nitrogens is 2. The van der Waals surface area contributed by atoms with Gasteiger partial charge in [0.25, 0.3) is 17.5 Å². The van der Waals surface area contributed by atoms with Crippen molar-refractivity contribution in [3.8, 4) is 23.2 Å². The zero-order valence-electron chi connectivity index (χ0n) is 14.0. The summed E-state index contributed by atoms with van der Waals surface area (Å²) in [5.41, 5.74) is -1.59. The van der Waals surface area contributed by atoms with E-state index in [1.165, 1.54) is 13.8 Å². The van der Waals surface area contributed by atoms with E-state index < -0.39 is 43.7 Å². The molecule has 28 heavy (non-hydrogen) atoms. The third-order valence-corrected chi connectivity index (χ3v) is 2.70. The first kappa shape index (κ1) is 19.8. The molecule has 0 fully saturated rings. The number of aromatic nitrogens is 6. The second-order valence-corrected chi connectivity index (χ2v) is 5.00. The lowest BCUT2D eigenvalue weighted by atomic mass is 10.3. The van der Waals surface area contributed by atoms with E-state index in [0.717, 1.165) is 6.07 Å². The Morgan fingerprint density at radius 3 is 2.07 bits per heavy atom. The molecular weight excluding hydrogens is 386 g/mol. The number of Topliss-reactive ketones (excluding diaryl/α,β-unsaturated/α-hetero) is 1. The van der Waals surface area contributed by atoms with Gasteiger partial charge < -0.3 is 29.4 Å². The van der Waals surface area contributed by atoms with Gasteiger partial charge in [0.15, 0.2) is 5.69 Å². The summed E-state index contributed by atoms with van der Waals surface area (Å²) >= 11 is 0. The van der Waals surface area contributed by atoms with E-state index in [1.54, 1.807) is 0 Å². The van der Waals surface area contributed by atoms with Crippen LogP contribution in [0.25, 0.3) is 23.2 Å². The molecular formula is C11H9N9O8. The normalized spacial score (nSPS) is 10.1. The number of carbonyl (C=O) groups is 1. The molecule has 3 aromatic heterocycles. The van der Waals surface area contributed by atoms with Crippen LogP contribution in [0.5, 0.6) is 0 Å². The van der Waals surface area contributed by atoms with E-state index in [1.807, 2.05) is 5.10 Å². The van der Waals surface area contributed by atoms with E-state index in [0.29, 0.717) is 0 Å². The van der Waals surface area contributed by atoms with Crippen molar-refractivity contribution in [3.05, 3.63) is 36.4 Å². The number of hydrogen-bond donors (Lipinski definition) is 2. The average molecular weight is 395 g/mol. The maximum Gasteiger partial charge on any atom is 0.422 e. The summed E-state index contributed by atoms with van der Waals surface area (Å²) in [4.78, 5) is 39.0. The van der Waals surface area contributed by atoms with E-state index in [2.05, 4.69) is 25.5 Å². The molecule has 0 aliphatic heterocycles. The van der Waals surface area contributed by atoms with Crippen LogP contribution in [-0.4, -0.2) is 51.1 Å². The van der Waals surface area contributed by atoms with Crippen molar-refractivity contribution in [2.75, 3.05) is 0 Å². The van der Waals surface area contributed by atoms with E-state index in [9.17, 15) is 35.1 Å². The van der Waals surface area contributed by atoms with Gasteiger partial charge in [-0.25, -0.2) is 0 Å². The molecule has 17 nitrogen and oxygen atoms in total. The molecule has 3 heterocycles. The maximum absolute atomic E-state index is 11.0. The molecule has 0 bridgehead atoms. The fourth-order valence-electron chi connectivity index (χ4n) is 1.71. The van der Waals surface area contributed by atoms with Crippen LogP contribution in [0.4, 0.5) is 17.3 Å². The standard InChI is InChI=1S/C8H3N9O7.C3H6O/c18-15(19)3-1-2(9-10-3)7-13-14-8(24-7)4-5(16(20)21)6(12-11-4)17(22)23;1-3(2)4/h1H,(H,9,10)(H,11,12);1-2H3. The van der Waals surface area contributed by atoms with E-state index in [4.69, 9.17) is 4.42 Å². The SMILES string of the molecule is CC(C)=O.O=[N+]([O-])c1cc(-c2nnc(-c3n[nH]c([N+](=O)[O-])c3[N+](=O)[O-])o2)n[nH]1. The summed E-state index contributed by atoms with van der Waals surface area (Å²) in [5.74, 6) is -2.02. The van der Waals surface area contributed by atoms with Crippen LogP contribution in [-0.2, 0) is 4.79 Å². The summed E-state index contributed by atoms with van der Waals surface area (Å²) in [6.45, 7) is 3.06. The van der Waals surface area contributed by atoms with Crippen LogP contribution in [0.15, 0.2) is 10.5 Å². The molecule has 3 rings (SSSR count). The minimum Gasteiger partial charge on any atom is -0.413 e. The van der Waals surface area contributed by atoms with Crippen molar-refractivity contribution in [1.82, 2.24) is 30.6 Å². The lowest BCUT2D eigenvalue weighted by Crippen LogP contribution is -1.95. The quantitative estimate of drug-likeness (QED) is 0.456. The number of ketones is 1. The topological polar surface area (TPSA) is 243 Å². The number of nitro groups is 3. The first-order valence-corrected chi connectivity index (χ1v) is 7.00. The molecule has 0 amide bonds. The number of rotatable bonds is 5. The van der Waals surface area contributed by atoms with Crippen molar-refractivity contribution in [2.24, 2.45) is 0 Å². The first-order valence-electron chi connectivity index (χ1n) is 7.00. The van der Waals surface area contributed by atoms with Crippen LogP contribution in [0.1, 0.15) is 13.8 Å². The van der Waals surface area contributed by atoms with Gasteiger partial charge in [0.05, 0.1) is 11.0 Å². The average Bonchev–Trinajstić information content (AvgIpc) is 3.31. The Kier molecular flexibility index (Phi) is 5.47. The molecule has 0 aliphatic rings. The summed E-state index contributed by atoms with van der Waals surface area (Å²) in [5, 5.41) is 50.3. The summed E-state index contributed by atoms with van der Waals surface area (Å²) < 4.78 is 5.10. The third-order valence-electron chi connectivity index (χ3n) is 2.70. The highest BCUT2D eigenvalue weighted by Gasteiger charge is 2.36. The van der Waals surface area contributed by atoms with Gasteiger partial charge in [0, 0.05) is 0 Å². The Morgan fingerprint density at radius 2 is 1.57 bits per heavy atom. The molecule has 0 saturated heterocycles. The van der Waals surface area contributed by atoms with Crippen molar-refractivity contribution >= 4 is 23.1 Å². The highest BCUT2D eigenvalue weighted by molar-refractivity contribution is 5.72. The number of aromatic amines is 2. The van der Waals surface area contributed by atoms with Gasteiger partial charge in [-0.15, -0.1) is 20.4 Å². The second kappa shape index (κ2) is 7.76. The van der Waals surface area contributed by atoms with Gasteiger partial charge in [0.2, 0.25) is 0 Å². The van der Waals surface area contributed by atoms with Gasteiger partial charge in [-0.2, -0.15) is 0 Å². The Labute approximate surface area is 152 Å². The number of nitrogens with zero attached hydrogens (tertiary/aromatic N) is 7. The molecule has 0 saturated carbocycles. The van der Waals surface area contributed by atoms with Crippen molar-refractivity contribution in [3.63, 3.8) is 0 Å². The molecule has 2 N–H and O–H groups in total. The molecule has 0 unspecified atom stereocenters. The second-order valence-electron chi connectivity index (χ2n) is 5.00. The highest BCUT2D eigenvalue weighted by Crippen LogP contribution is 2.35. The zero-order valence-corrected chi connectivity index (χ0v) is 14.0. The van der Waals surface area contributed by atoms with Crippen molar-refractivity contribution in [1.29, 1.82) is 0 Å². The van der Waals surface area contributed by atoms with Crippen LogP contribution in [0.3, 0.4) is 0 Å². The summed E-state index contributed by atoms with van der Waals surface area (Å²) in [6.07, 6.45) is 0. The molecule has 0 spiro atoms. The molecule has 0 aliphatic carbocycles. The molecule has 17 heteroatoms. The smallest absolute Gasteiger partial charge is 0.413 e. The zero-order chi connectivity index (χ0) is 21.0. The lowest BCUT2D eigenvalue weighted by Gasteiger charge is -1.90. The Morgan fingerprint density at radius 1 is 0.964 bits per heavy atom. The first-order chi connectivity index (χ1) is 13.1. The van der Waals surface area contributed by atoms with Crippen molar-refractivity contribution in [2.45, 2.75) is 13.8 Å². The van der Waals surface area contributed by atoms with Gasteiger partial charge in [-0.05, 0) is 23.7 Å². The van der Waals surface area contributed by atoms with Gasteiger partial charge in [0.1, 0.15) is 5.78 Å². The molecule has 146 valence electrons. The number of carbonyl (C=O) groups excluding carboxylic acids is 1. The van der Waals surface area contributed by atoms with E-state index >= 15 is 0 Å². The number of nitrogens with one attached hydrogen (secondary N) is 2. The summed E-state index contributed by atoms with van der Waals surface area (Å²) in [6, 6.07) is 0.999. The van der Waals surface area contributed by atoms with Crippen LogP contribution in [0, 0.1) is 30.3 Å². The molecule has 3 aromatic rings. The summed E-state index contributed by atoms with van der Waals surface area (Å²) in [7, 11) is 0. The molecule has 0 radical (unpaired) electrons. The maximum atomic E-state index is 11.0. The van der Waals surface area contributed by atoms with E-state index in [-0.39, 0.29) is 17.4 Å². The monoisotopic (exact) mass is 395 g/mol. The van der Waals surface area contributed by atoms with Crippen LogP contribution in [0.2, 0.25) is 0 Å². The Balaban J connectivity index is 0.000000640. The Hall–Kier alpha value is -4.57.